The minimum absolute atomic E-state index is 0.914. The Morgan fingerprint density at radius 2 is 2.09 bits per heavy atom. The van der Waals surface area contributed by atoms with Crippen LogP contribution in [0.1, 0.15) is 5.56 Å². The van der Waals surface area contributed by atoms with Crippen molar-refractivity contribution < 1.29 is 4.58 Å². The maximum absolute atomic E-state index is 3.92. The largest absolute Gasteiger partial charge is 0.212 e. The van der Waals surface area contributed by atoms with Gasteiger partial charge in [-0.1, -0.05) is 12.1 Å². The molecule has 0 atom stereocenters. The number of para-hydroxylation sites is 1. The molecule has 0 aromatic heterocycles. The van der Waals surface area contributed by atoms with Crippen LogP contribution in [0, 0.1) is 0 Å². The van der Waals surface area contributed by atoms with E-state index in [-0.39, 0.29) is 0 Å². The first-order valence-electron chi connectivity index (χ1n) is 3.71. The van der Waals surface area contributed by atoms with Gasteiger partial charge in [0.1, 0.15) is 6.72 Å². The van der Waals surface area contributed by atoms with Gasteiger partial charge >= 0.3 is 0 Å². The summed E-state index contributed by atoms with van der Waals surface area (Å²) in [5.41, 5.74) is 2.48. The molecule has 0 saturated carbocycles. The lowest BCUT2D eigenvalue weighted by Crippen LogP contribution is -2.06. The minimum Gasteiger partial charge on any atom is -0.201 e. The van der Waals surface area contributed by atoms with Gasteiger partial charge in [0, 0.05) is 11.6 Å². The first kappa shape index (κ1) is 6.35. The molecule has 1 aliphatic heterocycles. The molecule has 2 rings (SSSR count). The van der Waals surface area contributed by atoms with Crippen molar-refractivity contribution in [1.29, 1.82) is 0 Å². The van der Waals surface area contributed by atoms with Crippen LogP contribution in [0.5, 0.6) is 0 Å². The Morgan fingerprint density at radius 1 is 1.27 bits per heavy atom. The van der Waals surface area contributed by atoms with Crippen molar-refractivity contribution in [3.05, 3.63) is 35.9 Å². The SMILES string of the molecule is C=[N+]1CC=Cc2ccccc21. The standard InChI is InChI=1S/C10H10N/c1-11-8-4-6-9-5-2-3-7-10(9)11/h2-7H,1,8H2/q+1. The van der Waals surface area contributed by atoms with E-state index in [9.17, 15) is 0 Å². The number of fused-ring (bicyclic) bond motifs is 1. The molecule has 1 aromatic rings. The summed E-state index contributed by atoms with van der Waals surface area (Å²) < 4.78 is 2.00. The molecule has 1 heteroatoms. The predicted molar refractivity (Wildman–Crippen MR) is 47.4 cm³/mol. The van der Waals surface area contributed by atoms with Crippen LogP contribution in [0.15, 0.2) is 30.3 Å². The van der Waals surface area contributed by atoms with Crippen LogP contribution in [-0.2, 0) is 0 Å². The van der Waals surface area contributed by atoms with Crippen molar-refractivity contribution in [3.63, 3.8) is 0 Å². The third-order valence-corrected chi connectivity index (χ3v) is 1.90. The van der Waals surface area contributed by atoms with Gasteiger partial charge in [-0.25, -0.2) is 4.58 Å². The van der Waals surface area contributed by atoms with E-state index < -0.39 is 0 Å². The molecule has 0 amide bonds. The number of hydrogen-bond acceptors (Lipinski definition) is 0. The van der Waals surface area contributed by atoms with E-state index in [1.165, 1.54) is 11.3 Å². The third-order valence-electron chi connectivity index (χ3n) is 1.90. The second-order valence-electron chi connectivity index (χ2n) is 2.68. The topological polar surface area (TPSA) is 3.01 Å². The normalized spacial score (nSPS) is 14.7. The fourth-order valence-electron chi connectivity index (χ4n) is 1.32. The number of nitrogens with zero attached hydrogens (tertiary/aromatic N) is 1. The van der Waals surface area contributed by atoms with Crippen LogP contribution in [0.25, 0.3) is 6.08 Å². The van der Waals surface area contributed by atoms with Gasteiger partial charge < -0.3 is 0 Å². The molecule has 0 unspecified atom stereocenters. The number of benzene rings is 1. The molecule has 0 spiro atoms. The highest BCUT2D eigenvalue weighted by Crippen LogP contribution is 2.22. The van der Waals surface area contributed by atoms with E-state index in [1.807, 2.05) is 16.7 Å². The highest BCUT2D eigenvalue weighted by molar-refractivity contribution is 5.62. The Hall–Kier alpha value is -1.37. The summed E-state index contributed by atoms with van der Waals surface area (Å²) >= 11 is 0. The smallest absolute Gasteiger partial charge is 0.201 e. The molecular weight excluding hydrogens is 134 g/mol. The van der Waals surface area contributed by atoms with Crippen molar-refractivity contribution in [2.75, 3.05) is 6.54 Å². The highest BCUT2D eigenvalue weighted by Gasteiger charge is 2.11. The average Bonchev–Trinajstić information content (AvgIpc) is 2.06. The van der Waals surface area contributed by atoms with Gasteiger partial charge in [0.05, 0.1) is 0 Å². The molecule has 1 aromatic carbocycles. The summed E-state index contributed by atoms with van der Waals surface area (Å²) in [7, 11) is 0. The van der Waals surface area contributed by atoms with Crippen LogP contribution >= 0.6 is 0 Å². The second-order valence-corrected chi connectivity index (χ2v) is 2.68. The lowest BCUT2D eigenvalue weighted by Gasteiger charge is -2.05. The lowest BCUT2D eigenvalue weighted by atomic mass is 10.1. The molecule has 54 valence electrons. The van der Waals surface area contributed by atoms with E-state index in [0.29, 0.717) is 0 Å². The third kappa shape index (κ3) is 0.984. The summed E-state index contributed by atoms with van der Waals surface area (Å²) in [6.07, 6.45) is 4.26. The molecule has 0 bridgehead atoms. The molecule has 1 nitrogen and oxygen atoms in total. The molecule has 0 saturated heterocycles. The van der Waals surface area contributed by atoms with E-state index in [0.717, 1.165) is 6.54 Å². The van der Waals surface area contributed by atoms with Gasteiger partial charge in [0.25, 0.3) is 0 Å². The van der Waals surface area contributed by atoms with Crippen LogP contribution in [0.3, 0.4) is 0 Å². The van der Waals surface area contributed by atoms with Crippen LogP contribution in [-0.4, -0.2) is 17.8 Å². The van der Waals surface area contributed by atoms with Gasteiger partial charge in [-0.2, -0.15) is 0 Å². The van der Waals surface area contributed by atoms with Crippen LogP contribution < -0.4 is 0 Å². The Labute approximate surface area is 66.3 Å². The average molecular weight is 144 g/mol. The fourth-order valence-corrected chi connectivity index (χ4v) is 1.32. The summed E-state index contributed by atoms with van der Waals surface area (Å²) in [5, 5.41) is 0. The zero-order valence-electron chi connectivity index (χ0n) is 6.33. The van der Waals surface area contributed by atoms with Crippen molar-refractivity contribution in [1.82, 2.24) is 0 Å². The van der Waals surface area contributed by atoms with E-state index in [1.54, 1.807) is 0 Å². The number of rotatable bonds is 0. The van der Waals surface area contributed by atoms with Crippen LogP contribution in [0.4, 0.5) is 5.69 Å². The summed E-state index contributed by atoms with van der Waals surface area (Å²) in [6.45, 7) is 4.83. The maximum atomic E-state index is 3.92. The summed E-state index contributed by atoms with van der Waals surface area (Å²) in [5.74, 6) is 0. The van der Waals surface area contributed by atoms with Gasteiger partial charge in [-0.3, -0.25) is 0 Å². The molecule has 0 radical (unpaired) electrons. The molecule has 0 aliphatic carbocycles. The van der Waals surface area contributed by atoms with Crippen molar-refractivity contribution in [2.24, 2.45) is 0 Å². The molecule has 0 fully saturated rings. The zero-order chi connectivity index (χ0) is 7.68. The highest BCUT2D eigenvalue weighted by atomic mass is 15.0. The first-order valence-corrected chi connectivity index (χ1v) is 3.71. The molecule has 1 aliphatic rings. The quantitative estimate of drug-likeness (QED) is 0.490. The zero-order valence-corrected chi connectivity index (χ0v) is 6.33. The summed E-state index contributed by atoms with van der Waals surface area (Å²) in [4.78, 5) is 0. The Kier molecular flexibility index (Phi) is 1.35. The van der Waals surface area contributed by atoms with E-state index in [2.05, 4.69) is 31.0 Å². The predicted octanol–water partition coefficient (Wildman–Crippen LogP) is 2.06. The second kappa shape index (κ2) is 2.35. The van der Waals surface area contributed by atoms with E-state index in [4.69, 9.17) is 0 Å². The minimum atomic E-state index is 0.914. The fraction of sp³-hybridized carbons (Fsp3) is 0.100. The molecule has 0 N–H and O–H groups in total. The van der Waals surface area contributed by atoms with Crippen molar-refractivity contribution in [3.8, 4) is 0 Å². The summed E-state index contributed by atoms with van der Waals surface area (Å²) in [6, 6.07) is 8.27. The molecular formula is C10H10N+. The maximum Gasteiger partial charge on any atom is 0.212 e. The van der Waals surface area contributed by atoms with Gasteiger partial charge in [-0.05, 0) is 18.2 Å². The van der Waals surface area contributed by atoms with Gasteiger partial charge in [0.2, 0.25) is 5.69 Å². The van der Waals surface area contributed by atoms with Gasteiger partial charge in [0.15, 0.2) is 6.54 Å². The molecule has 1 heterocycles. The Morgan fingerprint density at radius 3 is 2.91 bits per heavy atom. The van der Waals surface area contributed by atoms with E-state index >= 15 is 0 Å². The number of hydrogen-bond donors (Lipinski definition) is 0. The lowest BCUT2D eigenvalue weighted by molar-refractivity contribution is -0.420. The Bertz CT molecular complexity index is 323. The monoisotopic (exact) mass is 144 g/mol. The Balaban J connectivity index is 2.63. The van der Waals surface area contributed by atoms with Gasteiger partial charge in [-0.15, -0.1) is 0 Å². The first-order chi connectivity index (χ1) is 5.38. The van der Waals surface area contributed by atoms with Crippen molar-refractivity contribution >= 4 is 18.5 Å². The van der Waals surface area contributed by atoms with Crippen molar-refractivity contribution in [2.45, 2.75) is 0 Å². The van der Waals surface area contributed by atoms with Crippen LogP contribution in [0.2, 0.25) is 0 Å². The molecule has 11 heavy (non-hydrogen) atoms.